The van der Waals surface area contributed by atoms with E-state index in [4.69, 9.17) is 14.6 Å². The van der Waals surface area contributed by atoms with Crippen molar-refractivity contribution in [1.82, 2.24) is 10.2 Å². The van der Waals surface area contributed by atoms with Crippen LogP contribution in [0.3, 0.4) is 0 Å². The minimum absolute atomic E-state index is 0.00915. The minimum Gasteiger partial charge on any atom is -0.481 e. The molecule has 1 saturated heterocycles. The van der Waals surface area contributed by atoms with Crippen LogP contribution >= 0.6 is 0 Å². The van der Waals surface area contributed by atoms with E-state index >= 15 is 0 Å². The number of benzene rings is 5. The average molecular weight is 687 g/mol. The first-order chi connectivity index (χ1) is 24.7. The third-order valence-electron chi connectivity index (χ3n) is 9.73. The summed E-state index contributed by atoms with van der Waals surface area (Å²) >= 11 is 0. The van der Waals surface area contributed by atoms with Crippen molar-refractivity contribution in [2.24, 2.45) is 0 Å². The number of ether oxygens (including phenoxy) is 2. The number of aliphatic carboxylic acids is 1. The van der Waals surface area contributed by atoms with Crippen molar-refractivity contribution < 1.29 is 29.3 Å². The Morgan fingerprint density at radius 2 is 1.55 bits per heavy atom. The van der Waals surface area contributed by atoms with Gasteiger partial charge in [0.15, 0.2) is 6.29 Å². The maximum Gasteiger partial charge on any atom is 0.303 e. The van der Waals surface area contributed by atoms with E-state index < -0.39 is 12.3 Å². The van der Waals surface area contributed by atoms with Crippen molar-refractivity contribution in [3.63, 3.8) is 0 Å². The molecular weight excluding hydrogens is 640 g/mol. The van der Waals surface area contributed by atoms with Gasteiger partial charge in [-0.2, -0.15) is 0 Å². The van der Waals surface area contributed by atoms with Gasteiger partial charge in [-0.25, -0.2) is 0 Å². The van der Waals surface area contributed by atoms with Crippen LogP contribution < -0.4 is 5.32 Å². The van der Waals surface area contributed by atoms with E-state index in [0.29, 0.717) is 25.9 Å². The van der Waals surface area contributed by atoms with Gasteiger partial charge in [0.1, 0.15) is 0 Å². The number of carboxylic acids is 1. The molecule has 0 spiro atoms. The van der Waals surface area contributed by atoms with Gasteiger partial charge in [0.25, 0.3) is 0 Å². The lowest BCUT2D eigenvalue weighted by Gasteiger charge is -2.39. The monoisotopic (exact) mass is 686 g/mol. The van der Waals surface area contributed by atoms with E-state index in [1.807, 2.05) is 54.6 Å². The number of aliphatic hydroxyl groups is 1. The molecule has 1 aliphatic heterocycles. The van der Waals surface area contributed by atoms with Gasteiger partial charge in [0.2, 0.25) is 5.91 Å². The molecule has 264 valence electrons. The Morgan fingerprint density at radius 3 is 2.31 bits per heavy atom. The Labute approximate surface area is 299 Å². The van der Waals surface area contributed by atoms with Crippen LogP contribution in [-0.4, -0.2) is 46.7 Å². The summed E-state index contributed by atoms with van der Waals surface area (Å²) in [5.74, 6) is -1.06. The minimum atomic E-state index is -0.900. The molecule has 5 aromatic carbocycles. The molecular formula is C43H46N2O6. The van der Waals surface area contributed by atoms with Crippen LogP contribution in [0.4, 0.5) is 0 Å². The summed E-state index contributed by atoms with van der Waals surface area (Å²) < 4.78 is 13.4. The van der Waals surface area contributed by atoms with Gasteiger partial charge in [-0.1, -0.05) is 97.1 Å². The number of carbonyl (C=O) groups is 2. The highest BCUT2D eigenvalue weighted by Crippen LogP contribution is 2.39. The fourth-order valence-corrected chi connectivity index (χ4v) is 6.65. The Hall–Kier alpha value is -4.86. The van der Waals surface area contributed by atoms with E-state index in [1.165, 1.54) is 16.3 Å². The second kappa shape index (κ2) is 16.9. The van der Waals surface area contributed by atoms with Crippen LogP contribution in [-0.2, 0) is 32.2 Å². The van der Waals surface area contributed by atoms with E-state index in [-0.39, 0.29) is 43.6 Å². The molecule has 1 amide bonds. The van der Waals surface area contributed by atoms with Crippen molar-refractivity contribution >= 4 is 22.6 Å². The van der Waals surface area contributed by atoms with Crippen LogP contribution in [0.2, 0.25) is 0 Å². The van der Waals surface area contributed by atoms with Crippen molar-refractivity contribution in [3.05, 3.63) is 143 Å². The molecule has 0 aliphatic carbocycles. The number of aliphatic hydroxyl groups excluding tert-OH is 1. The van der Waals surface area contributed by atoms with Crippen LogP contribution in [0.15, 0.2) is 115 Å². The number of fused-ring (bicyclic) bond motifs is 1. The predicted molar refractivity (Wildman–Crippen MR) is 199 cm³/mol. The standard InChI is InChI=1S/C43H46N2O6/c1-29(34-21-20-32-9-3-4-10-36(32)23-34)45(2)27-39-25-40(33-18-16-30(28-46)17-19-33)51-43(50-39)38-13-6-12-37(24-38)35-11-5-8-31(22-35)26-44-41(47)14-7-15-42(48)49/h3-6,8-13,16-24,29,39-40,43,46H,7,14-15,25-28H2,1-2H3,(H,44,47)(H,48,49)/t29-,39+,40-,43-/m1/s1. The lowest BCUT2D eigenvalue weighted by Crippen LogP contribution is -2.38. The van der Waals surface area contributed by atoms with E-state index in [0.717, 1.165) is 33.4 Å². The first kappa shape index (κ1) is 35.9. The smallest absolute Gasteiger partial charge is 0.303 e. The number of hydrogen-bond donors (Lipinski definition) is 3. The lowest BCUT2D eigenvalue weighted by atomic mass is 9.97. The Morgan fingerprint density at radius 1 is 0.804 bits per heavy atom. The number of rotatable bonds is 14. The van der Waals surface area contributed by atoms with Crippen LogP contribution in [0, 0.1) is 0 Å². The number of amides is 1. The summed E-state index contributed by atoms with van der Waals surface area (Å²) in [6.45, 7) is 3.29. The molecule has 51 heavy (non-hydrogen) atoms. The lowest BCUT2D eigenvalue weighted by molar-refractivity contribution is -0.253. The summed E-state index contributed by atoms with van der Waals surface area (Å²) in [5, 5.41) is 23.8. The van der Waals surface area contributed by atoms with Gasteiger partial charge in [0.05, 0.1) is 18.8 Å². The third kappa shape index (κ3) is 9.48. The zero-order valence-electron chi connectivity index (χ0n) is 29.2. The predicted octanol–water partition coefficient (Wildman–Crippen LogP) is 8.11. The normalized spacial score (nSPS) is 18.1. The molecule has 0 unspecified atom stereocenters. The van der Waals surface area contributed by atoms with Crippen LogP contribution in [0.1, 0.15) is 78.9 Å². The number of carbonyl (C=O) groups excluding carboxylic acids is 1. The highest BCUT2D eigenvalue weighted by Gasteiger charge is 2.33. The molecule has 1 aliphatic rings. The van der Waals surface area contributed by atoms with E-state index in [9.17, 15) is 14.7 Å². The molecule has 8 nitrogen and oxygen atoms in total. The number of hydrogen-bond acceptors (Lipinski definition) is 6. The molecule has 0 aromatic heterocycles. The Bertz CT molecular complexity index is 1940. The third-order valence-corrected chi connectivity index (χ3v) is 9.73. The van der Waals surface area contributed by atoms with Gasteiger partial charge in [0, 0.05) is 44.0 Å². The van der Waals surface area contributed by atoms with Gasteiger partial charge in [-0.15, -0.1) is 0 Å². The highest BCUT2D eigenvalue weighted by molar-refractivity contribution is 5.83. The maximum absolute atomic E-state index is 12.2. The number of nitrogens with one attached hydrogen (secondary N) is 1. The zero-order chi connectivity index (χ0) is 35.7. The molecule has 5 aromatic rings. The number of nitrogens with zero attached hydrogens (tertiary/aromatic N) is 1. The van der Waals surface area contributed by atoms with Crippen molar-refractivity contribution in [3.8, 4) is 11.1 Å². The van der Waals surface area contributed by atoms with Crippen LogP contribution in [0.5, 0.6) is 0 Å². The van der Waals surface area contributed by atoms with Crippen LogP contribution in [0.25, 0.3) is 21.9 Å². The summed E-state index contributed by atoms with van der Waals surface area (Å²) in [7, 11) is 2.14. The molecule has 3 N–H and O–H groups in total. The molecule has 1 heterocycles. The first-order valence-electron chi connectivity index (χ1n) is 17.6. The van der Waals surface area contributed by atoms with Gasteiger partial charge in [-0.3, -0.25) is 14.5 Å². The van der Waals surface area contributed by atoms with E-state index in [2.05, 4.69) is 84.9 Å². The zero-order valence-corrected chi connectivity index (χ0v) is 29.2. The molecule has 0 bridgehead atoms. The quantitative estimate of drug-likeness (QED) is 0.108. The largest absolute Gasteiger partial charge is 0.481 e. The van der Waals surface area contributed by atoms with Gasteiger partial charge < -0.3 is 25.0 Å². The number of carboxylic acid groups (broad SMARTS) is 1. The average Bonchev–Trinajstić information content (AvgIpc) is 3.16. The summed E-state index contributed by atoms with van der Waals surface area (Å²) in [6.07, 6.45) is 0.265. The van der Waals surface area contributed by atoms with Gasteiger partial charge in [-0.05, 0) is 82.7 Å². The SMILES string of the molecule is C[C@H](c1ccc2ccccc2c1)N(C)C[C@@H]1C[C@H](c2ccc(CO)cc2)O[C@H](c2cccc(-c3cccc(CNC(=O)CCCC(=O)O)c3)c2)O1. The Balaban J connectivity index is 1.19. The molecule has 0 saturated carbocycles. The summed E-state index contributed by atoms with van der Waals surface area (Å²) in [4.78, 5) is 25.3. The van der Waals surface area contributed by atoms with Crippen molar-refractivity contribution in [1.29, 1.82) is 0 Å². The van der Waals surface area contributed by atoms with Crippen molar-refractivity contribution in [2.45, 2.75) is 70.3 Å². The number of likely N-dealkylation sites (N-methyl/N-ethyl adjacent to an activating group) is 1. The fraction of sp³-hybridized carbons (Fsp3) is 0.302. The molecule has 0 radical (unpaired) electrons. The molecule has 8 heteroatoms. The van der Waals surface area contributed by atoms with E-state index in [1.54, 1.807) is 0 Å². The summed E-state index contributed by atoms with van der Waals surface area (Å²) in [6, 6.07) is 39.4. The summed E-state index contributed by atoms with van der Waals surface area (Å²) in [5.41, 5.74) is 7.02. The molecule has 6 rings (SSSR count). The topological polar surface area (TPSA) is 108 Å². The molecule has 4 atom stereocenters. The fourth-order valence-electron chi connectivity index (χ4n) is 6.65. The van der Waals surface area contributed by atoms with Gasteiger partial charge >= 0.3 is 5.97 Å². The Kier molecular flexibility index (Phi) is 11.9. The highest BCUT2D eigenvalue weighted by atomic mass is 16.7. The second-order valence-electron chi connectivity index (χ2n) is 13.4. The second-order valence-corrected chi connectivity index (χ2v) is 13.4. The van der Waals surface area contributed by atoms with Crippen molar-refractivity contribution in [2.75, 3.05) is 13.6 Å². The first-order valence-corrected chi connectivity index (χ1v) is 17.6. The maximum atomic E-state index is 12.2. The molecule has 1 fully saturated rings.